The molecule has 0 spiro atoms. The Bertz CT molecular complexity index is 511. The van der Waals surface area contributed by atoms with Crippen LogP contribution in [0.5, 0.6) is 5.75 Å². The lowest BCUT2D eigenvalue weighted by atomic mass is 10.1. The first-order valence-corrected chi connectivity index (χ1v) is 8.57. The average Bonchev–Trinajstić information content (AvgIpc) is 2.85. The van der Waals surface area contributed by atoms with Crippen LogP contribution in [0.3, 0.4) is 0 Å². The van der Waals surface area contributed by atoms with Crippen LogP contribution in [0.2, 0.25) is 0 Å². The van der Waals surface area contributed by atoms with Gasteiger partial charge < -0.3 is 15.2 Å². The number of nitrogens with one attached hydrogen (secondary N) is 1. The maximum Gasteiger partial charge on any atom is 0.241 e. The third-order valence-corrected chi connectivity index (χ3v) is 4.37. The molecule has 5 nitrogen and oxygen atoms in total. The van der Waals surface area contributed by atoms with Crippen molar-refractivity contribution in [3.8, 4) is 5.75 Å². The van der Waals surface area contributed by atoms with E-state index in [1.165, 1.54) is 12.8 Å². The second-order valence-corrected chi connectivity index (χ2v) is 6.03. The SMILES string of the molecule is CCOc1ccc(NC(=O)C(C)N2CCCCCC2)cc1CO. The van der Waals surface area contributed by atoms with Gasteiger partial charge in [0.2, 0.25) is 5.91 Å². The molecule has 1 amide bonds. The summed E-state index contributed by atoms with van der Waals surface area (Å²) in [4.78, 5) is 14.7. The Morgan fingerprint density at radius 3 is 2.61 bits per heavy atom. The zero-order chi connectivity index (χ0) is 16.7. The number of carbonyl (C=O) groups excluding carboxylic acids is 1. The van der Waals surface area contributed by atoms with Crippen LogP contribution in [0.1, 0.15) is 45.1 Å². The molecule has 1 aromatic rings. The quantitative estimate of drug-likeness (QED) is 0.846. The predicted octanol–water partition coefficient (Wildman–Crippen LogP) is 2.78. The number of likely N-dealkylation sites (tertiary alicyclic amines) is 1. The van der Waals surface area contributed by atoms with E-state index in [1.807, 2.05) is 19.9 Å². The monoisotopic (exact) mass is 320 g/mol. The first-order valence-electron chi connectivity index (χ1n) is 8.57. The van der Waals surface area contributed by atoms with Gasteiger partial charge in [-0.3, -0.25) is 9.69 Å². The number of aliphatic hydroxyl groups is 1. The lowest BCUT2D eigenvalue weighted by molar-refractivity contribution is -0.120. The molecule has 23 heavy (non-hydrogen) atoms. The summed E-state index contributed by atoms with van der Waals surface area (Å²) in [5.74, 6) is 0.661. The van der Waals surface area contributed by atoms with E-state index in [4.69, 9.17) is 4.74 Å². The lowest BCUT2D eigenvalue weighted by Gasteiger charge is -2.26. The van der Waals surface area contributed by atoms with E-state index in [9.17, 15) is 9.90 Å². The van der Waals surface area contributed by atoms with Gasteiger partial charge in [0.05, 0.1) is 19.3 Å². The summed E-state index contributed by atoms with van der Waals surface area (Å²) in [7, 11) is 0. The molecule has 1 aliphatic rings. The van der Waals surface area contributed by atoms with Crippen LogP contribution in [0.15, 0.2) is 18.2 Å². The number of carbonyl (C=O) groups is 1. The number of ether oxygens (including phenoxy) is 1. The van der Waals surface area contributed by atoms with Crippen LogP contribution < -0.4 is 10.1 Å². The highest BCUT2D eigenvalue weighted by Crippen LogP contribution is 2.23. The molecule has 1 saturated heterocycles. The Hall–Kier alpha value is -1.59. The van der Waals surface area contributed by atoms with Gasteiger partial charge in [0.25, 0.3) is 0 Å². The number of hydrogen-bond acceptors (Lipinski definition) is 4. The Kier molecular flexibility index (Phi) is 6.86. The number of anilines is 1. The van der Waals surface area contributed by atoms with E-state index in [0.29, 0.717) is 23.6 Å². The normalized spacial score (nSPS) is 17.3. The van der Waals surface area contributed by atoms with Crippen molar-refractivity contribution >= 4 is 11.6 Å². The summed E-state index contributed by atoms with van der Waals surface area (Å²) in [6, 6.07) is 5.24. The summed E-state index contributed by atoms with van der Waals surface area (Å²) < 4.78 is 5.46. The first kappa shape index (κ1) is 17.8. The maximum absolute atomic E-state index is 12.5. The van der Waals surface area contributed by atoms with Gasteiger partial charge in [0.1, 0.15) is 5.75 Å². The molecular weight excluding hydrogens is 292 g/mol. The Morgan fingerprint density at radius 1 is 1.30 bits per heavy atom. The first-order chi connectivity index (χ1) is 11.2. The van der Waals surface area contributed by atoms with Gasteiger partial charge in [0, 0.05) is 11.3 Å². The number of hydrogen-bond donors (Lipinski definition) is 2. The number of benzene rings is 1. The highest BCUT2D eigenvalue weighted by molar-refractivity contribution is 5.94. The highest BCUT2D eigenvalue weighted by atomic mass is 16.5. The molecule has 5 heteroatoms. The second kappa shape index (κ2) is 8.89. The summed E-state index contributed by atoms with van der Waals surface area (Å²) in [6.45, 7) is 6.27. The number of amides is 1. The van der Waals surface area contributed by atoms with Gasteiger partial charge in [-0.2, -0.15) is 0 Å². The third kappa shape index (κ3) is 4.94. The zero-order valence-corrected chi connectivity index (χ0v) is 14.2. The summed E-state index contributed by atoms with van der Waals surface area (Å²) in [5, 5.41) is 12.4. The molecule has 2 rings (SSSR count). The minimum absolute atomic E-state index is 0.0000466. The standard InChI is InChI=1S/C18H28N2O3/c1-3-23-17-9-8-16(12-15(17)13-21)19-18(22)14(2)20-10-6-4-5-7-11-20/h8-9,12,14,21H,3-7,10-11,13H2,1-2H3,(H,19,22). The van der Waals surface area contributed by atoms with Crippen molar-refractivity contribution in [2.24, 2.45) is 0 Å². The molecule has 1 atom stereocenters. The van der Waals surface area contributed by atoms with Crippen LogP contribution in [-0.4, -0.2) is 41.7 Å². The molecule has 0 radical (unpaired) electrons. The van der Waals surface area contributed by atoms with Gasteiger partial charge in [-0.1, -0.05) is 12.8 Å². The van der Waals surface area contributed by atoms with E-state index in [2.05, 4.69) is 10.2 Å². The molecule has 2 N–H and O–H groups in total. The maximum atomic E-state index is 12.5. The van der Waals surface area contributed by atoms with Crippen LogP contribution >= 0.6 is 0 Å². The molecule has 1 aliphatic heterocycles. The average molecular weight is 320 g/mol. The van der Waals surface area contributed by atoms with Crippen molar-refractivity contribution in [1.29, 1.82) is 0 Å². The van der Waals surface area contributed by atoms with Gasteiger partial charge in [-0.15, -0.1) is 0 Å². The molecule has 1 aromatic carbocycles. The molecule has 0 saturated carbocycles. The van der Waals surface area contributed by atoms with Gasteiger partial charge in [0.15, 0.2) is 0 Å². The Morgan fingerprint density at radius 2 is 2.00 bits per heavy atom. The number of rotatable bonds is 6. The van der Waals surface area contributed by atoms with E-state index >= 15 is 0 Å². The van der Waals surface area contributed by atoms with E-state index in [-0.39, 0.29) is 18.6 Å². The van der Waals surface area contributed by atoms with Gasteiger partial charge >= 0.3 is 0 Å². The summed E-state index contributed by atoms with van der Waals surface area (Å²) >= 11 is 0. The fourth-order valence-electron chi connectivity index (χ4n) is 2.97. The largest absolute Gasteiger partial charge is 0.494 e. The van der Waals surface area contributed by atoms with Crippen LogP contribution in [0.4, 0.5) is 5.69 Å². The Balaban J connectivity index is 2.01. The summed E-state index contributed by atoms with van der Waals surface area (Å²) in [6.07, 6.45) is 4.83. The van der Waals surface area contributed by atoms with Crippen molar-refractivity contribution in [2.75, 3.05) is 25.0 Å². The topological polar surface area (TPSA) is 61.8 Å². The molecular formula is C18H28N2O3. The minimum Gasteiger partial charge on any atom is -0.494 e. The van der Waals surface area contributed by atoms with Crippen molar-refractivity contribution in [1.82, 2.24) is 4.90 Å². The van der Waals surface area contributed by atoms with E-state index < -0.39 is 0 Å². The predicted molar refractivity (Wildman–Crippen MR) is 91.7 cm³/mol. The van der Waals surface area contributed by atoms with E-state index in [1.54, 1.807) is 12.1 Å². The molecule has 1 heterocycles. The van der Waals surface area contributed by atoms with Crippen molar-refractivity contribution in [2.45, 2.75) is 52.2 Å². The van der Waals surface area contributed by atoms with Crippen LogP contribution in [-0.2, 0) is 11.4 Å². The molecule has 0 aromatic heterocycles. The molecule has 1 fully saturated rings. The van der Waals surface area contributed by atoms with Crippen molar-refractivity contribution in [3.63, 3.8) is 0 Å². The van der Waals surface area contributed by atoms with Crippen molar-refractivity contribution < 1.29 is 14.6 Å². The van der Waals surface area contributed by atoms with Crippen LogP contribution in [0, 0.1) is 0 Å². The Labute approximate surface area is 138 Å². The smallest absolute Gasteiger partial charge is 0.241 e. The molecule has 128 valence electrons. The zero-order valence-electron chi connectivity index (χ0n) is 14.2. The summed E-state index contributed by atoms with van der Waals surface area (Å²) in [5.41, 5.74) is 1.39. The number of aliphatic hydroxyl groups excluding tert-OH is 1. The highest BCUT2D eigenvalue weighted by Gasteiger charge is 2.22. The van der Waals surface area contributed by atoms with Crippen LogP contribution in [0.25, 0.3) is 0 Å². The fourth-order valence-corrected chi connectivity index (χ4v) is 2.97. The fraction of sp³-hybridized carbons (Fsp3) is 0.611. The lowest BCUT2D eigenvalue weighted by Crippen LogP contribution is -2.42. The second-order valence-electron chi connectivity index (χ2n) is 6.03. The third-order valence-electron chi connectivity index (χ3n) is 4.37. The molecule has 0 bridgehead atoms. The van der Waals surface area contributed by atoms with Gasteiger partial charge in [-0.05, 0) is 58.0 Å². The molecule has 0 aliphatic carbocycles. The van der Waals surface area contributed by atoms with Crippen molar-refractivity contribution in [3.05, 3.63) is 23.8 Å². The molecule has 1 unspecified atom stereocenters. The van der Waals surface area contributed by atoms with Gasteiger partial charge in [-0.25, -0.2) is 0 Å². The van der Waals surface area contributed by atoms with E-state index in [0.717, 1.165) is 25.9 Å². The number of nitrogens with zero attached hydrogens (tertiary/aromatic N) is 1. The minimum atomic E-state index is -0.141.